The average Bonchev–Trinajstić information content (AvgIpc) is 2.30. The fourth-order valence-corrected chi connectivity index (χ4v) is 1.36. The minimum Gasteiger partial charge on any atom is -0.280 e. The monoisotopic (exact) mass is 233 g/mol. The Labute approximate surface area is 103 Å². The van der Waals surface area contributed by atoms with Gasteiger partial charge in [0.2, 0.25) is 0 Å². The normalized spacial score (nSPS) is 10.1. The van der Waals surface area contributed by atoms with E-state index in [1.165, 1.54) is 12.8 Å². The van der Waals surface area contributed by atoms with Crippen LogP contribution in [0.4, 0.5) is 0 Å². The highest BCUT2D eigenvalue weighted by Crippen LogP contribution is 2.12. The van der Waals surface area contributed by atoms with Crippen molar-refractivity contribution in [3.8, 4) is 11.8 Å². The molecule has 0 atom stereocenters. The van der Waals surface area contributed by atoms with E-state index in [0.717, 1.165) is 17.0 Å². The Morgan fingerprint density at radius 1 is 1.31 bits per heavy atom. The molecule has 0 unspecified atom stereocenters. The number of halogens is 1. The quantitative estimate of drug-likeness (QED) is 0.424. The number of nitrogens with zero attached hydrogens (tertiary/aromatic N) is 1. The lowest BCUT2D eigenvalue weighted by molar-refractivity contribution is 0.827. The highest BCUT2D eigenvalue weighted by molar-refractivity contribution is 6.33. The highest BCUT2D eigenvalue weighted by atomic mass is 35.5. The van der Waals surface area contributed by atoms with Gasteiger partial charge in [0.1, 0.15) is 0 Å². The van der Waals surface area contributed by atoms with Gasteiger partial charge in [0.25, 0.3) is 0 Å². The molecule has 0 bridgehead atoms. The van der Waals surface area contributed by atoms with Gasteiger partial charge in [0.15, 0.2) is 0 Å². The highest BCUT2D eigenvalue weighted by Gasteiger charge is 1.92. The molecule has 0 saturated carbocycles. The first kappa shape index (κ1) is 12.8. The lowest BCUT2D eigenvalue weighted by atomic mass is 10.2. The summed E-state index contributed by atoms with van der Waals surface area (Å²) in [4.78, 5) is 4.22. The van der Waals surface area contributed by atoms with Gasteiger partial charge in [-0.25, -0.2) is 0 Å². The molecule has 16 heavy (non-hydrogen) atoms. The van der Waals surface area contributed by atoms with E-state index in [9.17, 15) is 0 Å². The fraction of sp³-hybridized carbons (Fsp3) is 0.357. The molecule has 0 aliphatic carbocycles. The summed E-state index contributed by atoms with van der Waals surface area (Å²) in [6.07, 6.45) is 5.10. The molecule has 0 amide bonds. The van der Waals surface area contributed by atoms with Crippen molar-refractivity contribution in [2.75, 3.05) is 6.54 Å². The first-order valence-corrected chi connectivity index (χ1v) is 5.92. The Bertz CT molecular complexity index is 399. The third kappa shape index (κ3) is 5.00. The Kier molecular flexibility index (Phi) is 6.37. The van der Waals surface area contributed by atoms with Gasteiger partial charge in [-0.05, 0) is 12.5 Å². The van der Waals surface area contributed by atoms with Crippen LogP contribution in [-0.2, 0) is 0 Å². The molecule has 84 valence electrons. The summed E-state index contributed by atoms with van der Waals surface area (Å²) in [6, 6.07) is 7.65. The van der Waals surface area contributed by atoms with Crippen molar-refractivity contribution < 1.29 is 0 Å². The molecule has 0 heterocycles. The van der Waals surface area contributed by atoms with Gasteiger partial charge in [-0.3, -0.25) is 4.99 Å². The topological polar surface area (TPSA) is 12.4 Å². The van der Waals surface area contributed by atoms with Crippen molar-refractivity contribution in [3.05, 3.63) is 34.9 Å². The summed E-state index contributed by atoms with van der Waals surface area (Å²) in [7, 11) is 0. The third-order valence-electron chi connectivity index (χ3n) is 2.09. The van der Waals surface area contributed by atoms with E-state index in [4.69, 9.17) is 11.6 Å². The van der Waals surface area contributed by atoms with Gasteiger partial charge < -0.3 is 0 Å². The summed E-state index contributed by atoms with van der Waals surface area (Å²) in [5.74, 6) is 6.11. The van der Waals surface area contributed by atoms with Crippen LogP contribution >= 0.6 is 11.6 Å². The zero-order chi connectivity index (χ0) is 11.6. The maximum atomic E-state index is 5.98. The molecule has 0 radical (unpaired) electrons. The minimum absolute atomic E-state index is 0.551. The number of benzene rings is 1. The zero-order valence-electron chi connectivity index (χ0n) is 9.54. The second kappa shape index (κ2) is 7.96. The van der Waals surface area contributed by atoms with Crippen molar-refractivity contribution in [1.29, 1.82) is 0 Å². The molecule has 0 N–H and O–H groups in total. The third-order valence-corrected chi connectivity index (χ3v) is 2.43. The van der Waals surface area contributed by atoms with Gasteiger partial charge in [-0.1, -0.05) is 49.1 Å². The molecule has 1 nitrogen and oxygen atoms in total. The van der Waals surface area contributed by atoms with E-state index in [1.54, 1.807) is 6.21 Å². The number of aliphatic imine (C=N–C) groups is 1. The van der Waals surface area contributed by atoms with Crippen molar-refractivity contribution in [1.82, 2.24) is 0 Å². The summed E-state index contributed by atoms with van der Waals surface area (Å²) in [5.41, 5.74) is 0.944. The molecule has 0 aliphatic heterocycles. The van der Waals surface area contributed by atoms with Crippen LogP contribution in [0.5, 0.6) is 0 Å². The predicted octanol–water partition coefficient (Wildman–Crippen LogP) is 3.95. The van der Waals surface area contributed by atoms with Gasteiger partial charge in [0.05, 0.1) is 6.54 Å². The molecule has 0 aromatic heterocycles. The van der Waals surface area contributed by atoms with Crippen LogP contribution in [0.25, 0.3) is 0 Å². The minimum atomic E-state index is 0.551. The first-order chi connectivity index (χ1) is 7.84. The zero-order valence-corrected chi connectivity index (χ0v) is 10.3. The van der Waals surface area contributed by atoms with Gasteiger partial charge in [-0.15, -0.1) is 5.92 Å². The van der Waals surface area contributed by atoms with Crippen LogP contribution in [0.1, 0.15) is 31.7 Å². The largest absolute Gasteiger partial charge is 0.280 e. The standard InChI is InChI=1S/C14H16ClN/c1-2-3-4-5-8-11-16-12-13-9-6-7-10-14(13)15/h6-7,9-10,12H,2-4,11H2,1H3. The van der Waals surface area contributed by atoms with Crippen molar-refractivity contribution in [2.45, 2.75) is 26.2 Å². The lowest BCUT2D eigenvalue weighted by Crippen LogP contribution is -1.83. The molecule has 1 rings (SSSR count). The van der Waals surface area contributed by atoms with E-state index < -0.39 is 0 Å². The first-order valence-electron chi connectivity index (χ1n) is 5.54. The molecule has 2 heteroatoms. The number of unbranched alkanes of at least 4 members (excludes halogenated alkanes) is 2. The van der Waals surface area contributed by atoms with E-state index in [0.29, 0.717) is 6.54 Å². The average molecular weight is 234 g/mol. The van der Waals surface area contributed by atoms with Gasteiger partial charge in [0, 0.05) is 23.2 Å². The SMILES string of the molecule is CCCCC#CCN=Cc1ccccc1Cl. The molecule has 0 fully saturated rings. The molecule has 1 aromatic carbocycles. The smallest absolute Gasteiger partial charge is 0.0997 e. The summed E-state index contributed by atoms with van der Waals surface area (Å²) < 4.78 is 0. The molecule has 0 spiro atoms. The van der Waals surface area contributed by atoms with Crippen LogP contribution < -0.4 is 0 Å². The maximum absolute atomic E-state index is 5.98. The molecular formula is C14H16ClN. The fourth-order valence-electron chi connectivity index (χ4n) is 1.18. The van der Waals surface area contributed by atoms with Crippen LogP contribution in [0.2, 0.25) is 5.02 Å². The Balaban J connectivity index is 2.37. The molecule has 0 aliphatic rings. The Hall–Kier alpha value is -1.26. The second-order valence-corrected chi connectivity index (χ2v) is 3.86. The summed E-state index contributed by atoms with van der Waals surface area (Å²) in [5, 5.41) is 0.727. The molecule has 1 aromatic rings. The van der Waals surface area contributed by atoms with Crippen LogP contribution in [0, 0.1) is 11.8 Å². The second-order valence-electron chi connectivity index (χ2n) is 3.45. The number of rotatable bonds is 4. The lowest BCUT2D eigenvalue weighted by Gasteiger charge is -1.94. The number of hydrogen-bond donors (Lipinski definition) is 0. The van der Waals surface area contributed by atoms with E-state index >= 15 is 0 Å². The van der Waals surface area contributed by atoms with E-state index in [1.807, 2.05) is 24.3 Å². The predicted molar refractivity (Wildman–Crippen MR) is 71.2 cm³/mol. The van der Waals surface area contributed by atoms with Crippen LogP contribution in [0.15, 0.2) is 29.3 Å². The van der Waals surface area contributed by atoms with Crippen LogP contribution in [0.3, 0.4) is 0 Å². The van der Waals surface area contributed by atoms with Gasteiger partial charge >= 0.3 is 0 Å². The maximum Gasteiger partial charge on any atom is 0.0997 e. The van der Waals surface area contributed by atoms with Gasteiger partial charge in [-0.2, -0.15) is 0 Å². The van der Waals surface area contributed by atoms with E-state index in [-0.39, 0.29) is 0 Å². The Morgan fingerprint density at radius 2 is 2.12 bits per heavy atom. The van der Waals surface area contributed by atoms with Crippen molar-refractivity contribution >= 4 is 17.8 Å². The Morgan fingerprint density at radius 3 is 2.88 bits per heavy atom. The summed E-state index contributed by atoms with van der Waals surface area (Å²) >= 11 is 5.98. The molecule has 0 saturated heterocycles. The summed E-state index contributed by atoms with van der Waals surface area (Å²) in [6.45, 7) is 2.71. The van der Waals surface area contributed by atoms with E-state index in [2.05, 4.69) is 23.8 Å². The van der Waals surface area contributed by atoms with Crippen LogP contribution in [-0.4, -0.2) is 12.8 Å². The van der Waals surface area contributed by atoms with Crippen molar-refractivity contribution in [2.24, 2.45) is 4.99 Å². The number of hydrogen-bond acceptors (Lipinski definition) is 1. The van der Waals surface area contributed by atoms with Crippen molar-refractivity contribution in [3.63, 3.8) is 0 Å². The molecular weight excluding hydrogens is 218 g/mol.